The summed E-state index contributed by atoms with van der Waals surface area (Å²) in [6.07, 6.45) is 0.597. The first-order valence-electron chi connectivity index (χ1n) is 9.33. The van der Waals surface area contributed by atoms with Crippen molar-refractivity contribution >= 4 is 32.6 Å². The van der Waals surface area contributed by atoms with E-state index in [1.807, 2.05) is 56.3 Å². The predicted octanol–water partition coefficient (Wildman–Crippen LogP) is 4.62. The molecule has 0 atom stereocenters. The van der Waals surface area contributed by atoms with E-state index >= 15 is 0 Å². The zero-order valence-corrected chi connectivity index (χ0v) is 17.0. The number of aromatic nitrogens is 3. The number of amides is 1. The third-order valence-corrected chi connectivity index (χ3v) is 5.18. The quantitative estimate of drug-likeness (QED) is 0.480. The Morgan fingerprint density at radius 1 is 1.17 bits per heavy atom. The minimum atomic E-state index is -0.149. The molecule has 0 radical (unpaired) electrons. The summed E-state index contributed by atoms with van der Waals surface area (Å²) in [6, 6.07) is 13.5. The Balaban J connectivity index is 1.35. The molecule has 2 heterocycles. The summed E-state index contributed by atoms with van der Waals surface area (Å²) >= 11 is 1.42. The first-order valence-corrected chi connectivity index (χ1v) is 10.1. The van der Waals surface area contributed by atoms with Crippen LogP contribution < -0.4 is 10.1 Å². The van der Waals surface area contributed by atoms with Gasteiger partial charge < -0.3 is 14.5 Å². The SMILES string of the molecule is CCOc1ccc2nc(NC(=O)CCc3nnc(-c4ccc(C)cc4)o3)sc2c1. The summed E-state index contributed by atoms with van der Waals surface area (Å²) in [7, 11) is 0. The van der Waals surface area contributed by atoms with E-state index in [1.54, 1.807) is 0 Å². The normalized spacial score (nSPS) is 11.0. The van der Waals surface area contributed by atoms with Crippen LogP contribution >= 0.6 is 11.3 Å². The number of rotatable bonds is 7. The van der Waals surface area contributed by atoms with Crippen LogP contribution in [0.3, 0.4) is 0 Å². The molecule has 0 fully saturated rings. The summed E-state index contributed by atoms with van der Waals surface area (Å²) in [6.45, 7) is 4.57. The topological polar surface area (TPSA) is 90.1 Å². The minimum Gasteiger partial charge on any atom is -0.494 e. The van der Waals surface area contributed by atoms with Crippen molar-refractivity contribution in [1.82, 2.24) is 15.2 Å². The van der Waals surface area contributed by atoms with Crippen molar-refractivity contribution in [3.8, 4) is 17.2 Å². The third-order valence-electron chi connectivity index (χ3n) is 4.25. The highest BCUT2D eigenvalue weighted by Crippen LogP contribution is 2.29. The number of hydrogen-bond donors (Lipinski definition) is 1. The van der Waals surface area contributed by atoms with Crippen LogP contribution in [0.1, 0.15) is 24.8 Å². The van der Waals surface area contributed by atoms with Crippen molar-refractivity contribution in [1.29, 1.82) is 0 Å². The van der Waals surface area contributed by atoms with E-state index in [0.29, 0.717) is 29.9 Å². The van der Waals surface area contributed by atoms with Gasteiger partial charge in [-0.1, -0.05) is 29.0 Å². The molecular formula is C21H20N4O3S. The number of anilines is 1. The van der Waals surface area contributed by atoms with E-state index < -0.39 is 0 Å². The first-order chi connectivity index (χ1) is 14.1. The summed E-state index contributed by atoms with van der Waals surface area (Å²) in [5.41, 5.74) is 2.85. The molecule has 0 aliphatic carbocycles. The van der Waals surface area contributed by atoms with E-state index in [-0.39, 0.29) is 12.3 Å². The van der Waals surface area contributed by atoms with Crippen molar-refractivity contribution in [3.63, 3.8) is 0 Å². The fraction of sp³-hybridized carbons (Fsp3) is 0.238. The summed E-state index contributed by atoms with van der Waals surface area (Å²) in [5.74, 6) is 1.53. The van der Waals surface area contributed by atoms with Crippen molar-refractivity contribution in [2.75, 3.05) is 11.9 Å². The largest absolute Gasteiger partial charge is 0.494 e. The zero-order valence-electron chi connectivity index (χ0n) is 16.1. The Kier molecular flexibility index (Phi) is 5.53. The van der Waals surface area contributed by atoms with Crippen molar-refractivity contribution in [3.05, 3.63) is 53.9 Å². The average Bonchev–Trinajstić information content (AvgIpc) is 3.33. The first kappa shape index (κ1) is 19.1. The van der Waals surface area contributed by atoms with Crippen LogP contribution in [0.5, 0.6) is 5.75 Å². The molecule has 29 heavy (non-hydrogen) atoms. The predicted molar refractivity (Wildman–Crippen MR) is 112 cm³/mol. The number of nitrogens with one attached hydrogen (secondary N) is 1. The molecule has 148 valence electrons. The van der Waals surface area contributed by atoms with Gasteiger partial charge in [-0.15, -0.1) is 10.2 Å². The van der Waals surface area contributed by atoms with E-state index in [4.69, 9.17) is 9.15 Å². The van der Waals surface area contributed by atoms with Gasteiger partial charge in [0.2, 0.25) is 17.7 Å². The maximum absolute atomic E-state index is 12.3. The van der Waals surface area contributed by atoms with Gasteiger partial charge in [0.15, 0.2) is 5.13 Å². The molecule has 0 aliphatic heterocycles. The third kappa shape index (κ3) is 4.60. The highest BCUT2D eigenvalue weighted by molar-refractivity contribution is 7.22. The fourth-order valence-corrected chi connectivity index (χ4v) is 3.70. The summed E-state index contributed by atoms with van der Waals surface area (Å²) in [5, 5.41) is 11.5. The number of benzene rings is 2. The van der Waals surface area contributed by atoms with Gasteiger partial charge in [0.25, 0.3) is 0 Å². The Labute approximate surface area is 171 Å². The second-order valence-corrected chi connectivity index (χ2v) is 7.53. The number of hydrogen-bond acceptors (Lipinski definition) is 7. The van der Waals surface area contributed by atoms with Crippen LogP contribution in [-0.2, 0) is 11.2 Å². The van der Waals surface area contributed by atoms with Crippen LogP contribution in [0.15, 0.2) is 46.9 Å². The lowest BCUT2D eigenvalue weighted by Crippen LogP contribution is -2.12. The molecule has 0 unspecified atom stereocenters. The van der Waals surface area contributed by atoms with Crippen LogP contribution in [0.25, 0.3) is 21.7 Å². The highest BCUT2D eigenvalue weighted by atomic mass is 32.1. The number of ether oxygens (including phenoxy) is 1. The number of thiazole rings is 1. The van der Waals surface area contributed by atoms with Gasteiger partial charge in [-0.3, -0.25) is 4.79 Å². The lowest BCUT2D eigenvalue weighted by atomic mass is 10.1. The standard InChI is InChI=1S/C21H20N4O3S/c1-3-27-15-8-9-16-17(12-15)29-21(22-16)23-18(26)10-11-19-24-25-20(28-19)14-6-4-13(2)5-7-14/h4-9,12H,3,10-11H2,1-2H3,(H,22,23,26). The van der Waals surface area contributed by atoms with Crippen molar-refractivity contribution in [2.45, 2.75) is 26.7 Å². The molecule has 0 aliphatic rings. The fourth-order valence-electron chi connectivity index (χ4n) is 2.78. The molecule has 0 saturated carbocycles. The van der Waals surface area contributed by atoms with Crippen molar-refractivity contribution < 1.29 is 13.9 Å². The molecule has 4 aromatic rings. The van der Waals surface area contributed by atoms with E-state index in [0.717, 1.165) is 27.1 Å². The van der Waals surface area contributed by atoms with Gasteiger partial charge in [0, 0.05) is 18.4 Å². The highest BCUT2D eigenvalue weighted by Gasteiger charge is 2.12. The maximum Gasteiger partial charge on any atom is 0.247 e. The van der Waals surface area contributed by atoms with Gasteiger partial charge in [0.05, 0.1) is 16.8 Å². The number of aryl methyl sites for hydroxylation is 2. The number of carbonyl (C=O) groups is 1. The summed E-state index contributed by atoms with van der Waals surface area (Å²) < 4.78 is 12.1. The molecule has 1 amide bonds. The van der Waals surface area contributed by atoms with Crippen LogP contribution in [-0.4, -0.2) is 27.7 Å². The van der Waals surface area contributed by atoms with Gasteiger partial charge in [0.1, 0.15) is 5.75 Å². The molecule has 7 nitrogen and oxygen atoms in total. The Bertz CT molecular complexity index is 1130. The molecule has 8 heteroatoms. The number of carbonyl (C=O) groups excluding carboxylic acids is 1. The minimum absolute atomic E-state index is 0.149. The van der Waals surface area contributed by atoms with Gasteiger partial charge in [-0.25, -0.2) is 4.98 Å². The smallest absolute Gasteiger partial charge is 0.247 e. The maximum atomic E-state index is 12.3. The monoisotopic (exact) mass is 408 g/mol. The molecule has 0 spiro atoms. The molecule has 1 N–H and O–H groups in total. The second kappa shape index (κ2) is 8.40. The van der Waals surface area contributed by atoms with Crippen LogP contribution in [0, 0.1) is 6.92 Å². The molecule has 4 rings (SSSR count). The van der Waals surface area contributed by atoms with Gasteiger partial charge >= 0.3 is 0 Å². The van der Waals surface area contributed by atoms with Crippen LogP contribution in [0.2, 0.25) is 0 Å². The van der Waals surface area contributed by atoms with Crippen molar-refractivity contribution in [2.24, 2.45) is 0 Å². The molecule has 0 bridgehead atoms. The molecule has 2 aromatic heterocycles. The lowest BCUT2D eigenvalue weighted by Gasteiger charge is -2.00. The Hall–Kier alpha value is -3.26. The molecule has 0 saturated heterocycles. The van der Waals surface area contributed by atoms with E-state index in [1.165, 1.54) is 11.3 Å². The molecule has 2 aromatic carbocycles. The van der Waals surface area contributed by atoms with Crippen LogP contribution in [0.4, 0.5) is 5.13 Å². The van der Waals surface area contributed by atoms with Gasteiger partial charge in [-0.2, -0.15) is 0 Å². The summed E-state index contributed by atoms with van der Waals surface area (Å²) in [4.78, 5) is 16.7. The van der Waals surface area contributed by atoms with E-state index in [9.17, 15) is 4.79 Å². The number of fused-ring (bicyclic) bond motifs is 1. The Morgan fingerprint density at radius 3 is 2.79 bits per heavy atom. The second-order valence-electron chi connectivity index (χ2n) is 6.50. The Morgan fingerprint density at radius 2 is 2.00 bits per heavy atom. The molecular weight excluding hydrogens is 388 g/mol. The number of nitrogens with zero attached hydrogens (tertiary/aromatic N) is 3. The average molecular weight is 408 g/mol. The lowest BCUT2D eigenvalue weighted by molar-refractivity contribution is -0.116. The van der Waals surface area contributed by atoms with E-state index in [2.05, 4.69) is 20.5 Å². The van der Waals surface area contributed by atoms with Gasteiger partial charge in [-0.05, 0) is 44.2 Å². The zero-order chi connectivity index (χ0) is 20.2.